The first-order valence-electron chi connectivity index (χ1n) is 4.03. The predicted molar refractivity (Wildman–Crippen MR) is 71.9 cm³/mol. The minimum Gasteiger partial charge on any atom is -0.478 e. The van der Waals surface area contributed by atoms with Gasteiger partial charge in [0.25, 0.3) is 0 Å². The van der Waals surface area contributed by atoms with E-state index in [0.29, 0.717) is 0 Å². The molecule has 0 rings (SSSR count). The molecule has 0 saturated heterocycles. The molecular formula is C10H14Br2O4. The smallest absolute Gasteiger partial charge is 0.327 e. The standard InChI is InChI=1S/C4H6Br2.2C3H4O2/c1-2-3-4(5)6;2*1-2-3(4)5/h3H,2H2,1H3;2*2H,1H2,(H,4,5). The first-order valence-corrected chi connectivity index (χ1v) is 5.62. The minimum absolute atomic E-state index is 0.833. The van der Waals surface area contributed by atoms with Crippen molar-refractivity contribution < 1.29 is 19.8 Å². The van der Waals surface area contributed by atoms with E-state index in [1.807, 2.05) is 6.08 Å². The zero-order valence-electron chi connectivity index (χ0n) is 8.82. The van der Waals surface area contributed by atoms with Gasteiger partial charge in [0.05, 0.1) is 3.39 Å². The number of carboxylic acid groups (broad SMARTS) is 2. The van der Waals surface area contributed by atoms with Crippen LogP contribution in [0.1, 0.15) is 13.3 Å². The van der Waals surface area contributed by atoms with Crippen molar-refractivity contribution in [2.45, 2.75) is 13.3 Å². The first kappa shape index (κ1) is 20.5. The molecule has 0 fully saturated rings. The van der Waals surface area contributed by atoms with Gasteiger partial charge in [-0.3, -0.25) is 0 Å². The van der Waals surface area contributed by atoms with E-state index < -0.39 is 11.9 Å². The van der Waals surface area contributed by atoms with Crippen molar-refractivity contribution in [1.29, 1.82) is 0 Å². The third-order valence-electron chi connectivity index (χ3n) is 0.708. The molecule has 0 saturated carbocycles. The monoisotopic (exact) mass is 356 g/mol. The zero-order chi connectivity index (χ0) is 13.6. The van der Waals surface area contributed by atoms with Crippen LogP contribution in [0.15, 0.2) is 34.8 Å². The molecule has 92 valence electrons. The van der Waals surface area contributed by atoms with Crippen LogP contribution in [0.4, 0.5) is 0 Å². The highest BCUT2D eigenvalue weighted by atomic mass is 79.9. The van der Waals surface area contributed by atoms with Crippen molar-refractivity contribution in [3.8, 4) is 0 Å². The number of hydrogen-bond donors (Lipinski definition) is 2. The summed E-state index contributed by atoms with van der Waals surface area (Å²) in [5.74, 6) is -1.96. The Morgan fingerprint density at radius 3 is 1.38 bits per heavy atom. The van der Waals surface area contributed by atoms with Gasteiger partial charge in [-0.1, -0.05) is 26.2 Å². The van der Waals surface area contributed by atoms with Crippen LogP contribution in [0, 0.1) is 0 Å². The average molecular weight is 358 g/mol. The molecule has 0 spiro atoms. The lowest BCUT2D eigenvalue weighted by Crippen LogP contribution is -1.82. The topological polar surface area (TPSA) is 74.6 Å². The number of carboxylic acids is 2. The molecule has 0 radical (unpaired) electrons. The van der Waals surface area contributed by atoms with E-state index in [1.165, 1.54) is 0 Å². The molecule has 0 aliphatic rings. The summed E-state index contributed by atoms with van der Waals surface area (Å²) in [7, 11) is 0. The molecule has 0 atom stereocenters. The van der Waals surface area contributed by atoms with Crippen molar-refractivity contribution in [1.82, 2.24) is 0 Å². The quantitative estimate of drug-likeness (QED) is 0.757. The van der Waals surface area contributed by atoms with Crippen molar-refractivity contribution in [2.24, 2.45) is 0 Å². The second kappa shape index (κ2) is 16.5. The van der Waals surface area contributed by atoms with E-state index in [-0.39, 0.29) is 0 Å². The van der Waals surface area contributed by atoms with Crippen LogP contribution < -0.4 is 0 Å². The fraction of sp³-hybridized carbons (Fsp3) is 0.200. The molecule has 0 unspecified atom stereocenters. The summed E-state index contributed by atoms with van der Waals surface area (Å²) in [6.45, 7) is 8.01. The predicted octanol–water partition coefficient (Wildman–Crippen LogP) is 3.54. The number of carbonyl (C=O) groups is 2. The molecule has 0 aliphatic carbocycles. The van der Waals surface area contributed by atoms with E-state index in [9.17, 15) is 9.59 Å². The molecule has 0 bridgehead atoms. The lowest BCUT2D eigenvalue weighted by molar-refractivity contribution is -0.132. The molecule has 0 aromatic heterocycles. The largest absolute Gasteiger partial charge is 0.478 e. The third-order valence-corrected chi connectivity index (χ3v) is 1.36. The highest BCUT2D eigenvalue weighted by molar-refractivity contribution is 9.28. The van der Waals surface area contributed by atoms with Gasteiger partial charge < -0.3 is 10.2 Å². The van der Waals surface area contributed by atoms with Gasteiger partial charge in [-0.15, -0.1) is 0 Å². The molecule has 16 heavy (non-hydrogen) atoms. The Balaban J connectivity index is -0.000000160. The van der Waals surface area contributed by atoms with Gasteiger partial charge in [0, 0.05) is 12.2 Å². The van der Waals surface area contributed by atoms with Crippen LogP contribution >= 0.6 is 31.9 Å². The average Bonchev–Trinajstić information content (AvgIpc) is 2.19. The summed E-state index contributed by atoms with van der Waals surface area (Å²) < 4.78 is 1.04. The number of hydrogen-bond acceptors (Lipinski definition) is 2. The van der Waals surface area contributed by atoms with Crippen molar-refractivity contribution >= 4 is 43.8 Å². The van der Waals surface area contributed by atoms with Gasteiger partial charge in [0.2, 0.25) is 0 Å². The van der Waals surface area contributed by atoms with E-state index in [1.54, 1.807) is 0 Å². The maximum atomic E-state index is 9.25. The highest BCUT2D eigenvalue weighted by Gasteiger charge is 1.74. The van der Waals surface area contributed by atoms with Gasteiger partial charge in [-0.2, -0.15) is 0 Å². The fourth-order valence-electron chi connectivity index (χ4n) is 0.154. The van der Waals surface area contributed by atoms with Gasteiger partial charge in [-0.05, 0) is 38.3 Å². The van der Waals surface area contributed by atoms with E-state index in [0.717, 1.165) is 22.0 Å². The summed E-state index contributed by atoms with van der Waals surface area (Å²) in [5.41, 5.74) is 0. The number of halogens is 2. The molecule has 0 heterocycles. The molecule has 0 amide bonds. The summed E-state index contributed by atoms with van der Waals surface area (Å²) >= 11 is 6.42. The maximum Gasteiger partial charge on any atom is 0.327 e. The van der Waals surface area contributed by atoms with Gasteiger partial charge in [0.15, 0.2) is 0 Å². The minimum atomic E-state index is -0.981. The maximum absolute atomic E-state index is 9.25. The van der Waals surface area contributed by atoms with Gasteiger partial charge in [-0.25, -0.2) is 9.59 Å². The Morgan fingerprint density at radius 1 is 1.12 bits per heavy atom. The molecule has 0 aliphatic heterocycles. The first-order chi connectivity index (χ1) is 7.31. The Hall–Kier alpha value is -0.880. The SMILES string of the molecule is C=CC(=O)O.C=CC(=O)O.CCC=C(Br)Br. The van der Waals surface area contributed by atoms with Crippen LogP contribution in [0.3, 0.4) is 0 Å². The lowest BCUT2D eigenvalue weighted by atomic mass is 10.5. The van der Waals surface area contributed by atoms with Crippen molar-refractivity contribution in [3.63, 3.8) is 0 Å². The second-order valence-corrected chi connectivity index (χ2v) is 4.76. The van der Waals surface area contributed by atoms with Crippen molar-refractivity contribution in [2.75, 3.05) is 0 Å². The Kier molecular flexibility index (Phi) is 21.2. The van der Waals surface area contributed by atoms with E-state index in [2.05, 4.69) is 51.9 Å². The lowest BCUT2D eigenvalue weighted by Gasteiger charge is -1.75. The molecule has 0 aromatic carbocycles. The Bertz CT molecular complexity index is 238. The van der Waals surface area contributed by atoms with E-state index in [4.69, 9.17) is 10.2 Å². The Labute approximate surface area is 112 Å². The summed E-state index contributed by atoms with van der Waals surface area (Å²) in [6, 6.07) is 0. The highest BCUT2D eigenvalue weighted by Crippen LogP contribution is 2.12. The summed E-state index contributed by atoms with van der Waals surface area (Å²) in [4.78, 5) is 18.5. The molecule has 6 heteroatoms. The van der Waals surface area contributed by atoms with Crippen LogP contribution in [0.25, 0.3) is 0 Å². The second-order valence-electron chi connectivity index (χ2n) is 1.99. The van der Waals surface area contributed by atoms with Gasteiger partial charge in [0.1, 0.15) is 0 Å². The summed E-state index contributed by atoms with van der Waals surface area (Å²) in [5, 5.41) is 15.2. The molecular weight excluding hydrogens is 344 g/mol. The molecule has 4 nitrogen and oxygen atoms in total. The normalized spacial score (nSPS) is 6.94. The van der Waals surface area contributed by atoms with Crippen LogP contribution in [0.2, 0.25) is 0 Å². The number of aliphatic carboxylic acids is 2. The van der Waals surface area contributed by atoms with E-state index >= 15 is 0 Å². The van der Waals surface area contributed by atoms with Gasteiger partial charge >= 0.3 is 11.9 Å². The Morgan fingerprint density at radius 2 is 1.38 bits per heavy atom. The van der Waals surface area contributed by atoms with Crippen LogP contribution in [0.5, 0.6) is 0 Å². The third kappa shape index (κ3) is 51.5. The van der Waals surface area contributed by atoms with Crippen molar-refractivity contribution in [3.05, 3.63) is 34.8 Å². The molecule has 0 aromatic rings. The zero-order valence-corrected chi connectivity index (χ0v) is 12.0. The summed E-state index contributed by atoms with van der Waals surface area (Å²) in [6.07, 6.45) is 4.78. The molecule has 2 N–H and O–H groups in total. The fourth-order valence-corrected chi connectivity index (χ4v) is 0.802. The number of rotatable bonds is 3. The number of allylic oxidation sites excluding steroid dienone is 1. The van der Waals surface area contributed by atoms with Crippen LogP contribution in [-0.2, 0) is 9.59 Å². The van der Waals surface area contributed by atoms with Crippen LogP contribution in [-0.4, -0.2) is 22.2 Å².